The van der Waals surface area contributed by atoms with E-state index in [0.29, 0.717) is 5.56 Å². The number of hydrogen-bond acceptors (Lipinski definition) is 5. The van der Waals surface area contributed by atoms with E-state index < -0.39 is 26.8 Å². The maximum Gasteiger partial charge on any atom is 0.371 e. The highest BCUT2D eigenvalue weighted by atomic mass is 32.2. The minimum absolute atomic E-state index is 0.197. The summed E-state index contributed by atoms with van der Waals surface area (Å²) >= 11 is 0. The lowest BCUT2D eigenvalue weighted by atomic mass is 10.4. The number of nitrogens with zero attached hydrogens (tertiary/aromatic N) is 1. The van der Waals surface area contributed by atoms with Gasteiger partial charge in [0, 0.05) is 5.56 Å². The van der Waals surface area contributed by atoms with Crippen molar-refractivity contribution in [2.75, 3.05) is 4.72 Å². The third-order valence-electron chi connectivity index (χ3n) is 2.12. The van der Waals surface area contributed by atoms with Gasteiger partial charge in [0.25, 0.3) is 10.0 Å². The molecule has 0 aromatic carbocycles. The van der Waals surface area contributed by atoms with Crippen LogP contribution in [0.4, 0.5) is 5.82 Å². The first kappa shape index (κ1) is 12.2. The SMILES string of the molecule is Cc1cn[nH]c1NS(=O)(=O)c1ccc(C(=O)O)o1. The summed E-state index contributed by atoms with van der Waals surface area (Å²) in [7, 11) is -3.97. The summed E-state index contributed by atoms with van der Waals surface area (Å²) in [5.41, 5.74) is 0.601. The Bertz CT molecular complexity index is 685. The minimum Gasteiger partial charge on any atom is -0.475 e. The van der Waals surface area contributed by atoms with Gasteiger partial charge in [0.2, 0.25) is 10.9 Å². The average molecular weight is 271 g/mol. The molecule has 2 rings (SSSR count). The Morgan fingerprint density at radius 2 is 2.22 bits per heavy atom. The highest BCUT2D eigenvalue weighted by Crippen LogP contribution is 2.18. The molecule has 0 bridgehead atoms. The molecule has 2 aromatic rings. The van der Waals surface area contributed by atoms with Gasteiger partial charge in [0.1, 0.15) is 5.82 Å². The number of aryl methyl sites for hydroxylation is 1. The summed E-state index contributed by atoms with van der Waals surface area (Å²) in [6.45, 7) is 1.66. The predicted molar refractivity (Wildman–Crippen MR) is 59.8 cm³/mol. The van der Waals surface area contributed by atoms with Gasteiger partial charge < -0.3 is 9.52 Å². The Morgan fingerprint density at radius 1 is 1.50 bits per heavy atom. The van der Waals surface area contributed by atoms with E-state index in [0.717, 1.165) is 12.1 Å². The van der Waals surface area contributed by atoms with Crippen molar-refractivity contribution < 1.29 is 22.7 Å². The van der Waals surface area contributed by atoms with E-state index in [1.807, 2.05) is 0 Å². The van der Waals surface area contributed by atoms with Crippen LogP contribution in [-0.4, -0.2) is 29.7 Å². The van der Waals surface area contributed by atoms with Gasteiger partial charge in [-0.25, -0.2) is 4.79 Å². The van der Waals surface area contributed by atoms with Gasteiger partial charge in [0.15, 0.2) is 0 Å². The molecule has 0 atom stereocenters. The number of anilines is 1. The van der Waals surface area contributed by atoms with Gasteiger partial charge in [-0.15, -0.1) is 0 Å². The third kappa shape index (κ3) is 2.20. The van der Waals surface area contributed by atoms with Crippen LogP contribution in [0, 0.1) is 6.92 Å². The molecular weight excluding hydrogens is 262 g/mol. The fourth-order valence-electron chi connectivity index (χ4n) is 1.21. The second kappa shape index (κ2) is 4.18. The monoisotopic (exact) mass is 271 g/mol. The molecule has 0 aliphatic carbocycles. The van der Waals surface area contributed by atoms with Crippen molar-refractivity contribution in [3.05, 3.63) is 29.7 Å². The normalized spacial score (nSPS) is 11.4. The zero-order valence-electron chi connectivity index (χ0n) is 9.17. The van der Waals surface area contributed by atoms with Gasteiger partial charge >= 0.3 is 5.97 Å². The first-order valence-electron chi connectivity index (χ1n) is 4.76. The van der Waals surface area contributed by atoms with Crippen LogP contribution in [0.2, 0.25) is 0 Å². The van der Waals surface area contributed by atoms with Crippen LogP contribution in [0.5, 0.6) is 0 Å². The van der Waals surface area contributed by atoms with Crippen LogP contribution in [0.15, 0.2) is 27.8 Å². The van der Waals surface area contributed by atoms with Crippen LogP contribution < -0.4 is 4.72 Å². The molecule has 2 aromatic heterocycles. The van der Waals surface area contributed by atoms with E-state index in [-0.39, 0.29) is 5.82 Å². The summed E-state index contributed by atoms with van der Waals surface area (Å²) in [6.07, 6.45) is 1.45. The summed E-state index contributed by atoms with van der Waals surface area (Å²) < 4.78 is 30.6. The minimum atomic E-state index is -3.97. The van der Waals surface area contributed by atoms with E-state index in [9.17, 15) is 13.2 Å². The Labute approximate surface area is 102 Å². The van der Waals surface area contributed by atoms with E-state index in [1.54, 1.807) is 6.92 Å². The summed E-state index contributed by atoms with van der Waals surface area (Å²) in [5.74, 6) is -1.59. The molecule has 0 amide bonds. The molecule has 0 saturated heterocycles. The lowest BCUT2D eigenvalue weighted by Gasteiger charge is -2.03. The van der Waals surface area contributed by atoms with Crippen LogP contribution in [0.3, 0.4) is 0 Å². The van der Waals surface area contributed by atoms with Crippen molar-refractivity contribution in [1.82, 2.24) is 10.2 Å². The quantitative estimate of drug-likeness (QED) is 0.755. The van der Waals surface area contributed by atoms with Crippen molar-refractivity contribution in [2.24, 2.45) is 0 Å². The number of hydrogen-bond donors (Lipinski definition) is 3. The maximum atomic E-state index is 11.8. The first-order valence-corrected chi connectivity index (χ1v) is 6.24. The lowest BCUT2D eigenvalue weighted by Crippen LogP contribution is -2.13. The van der Waals surface area contributed by atoms with E-state index in [4.69, 9.17) is 9.52 Å². The van der Waals surface area contributed by atoms with Gasteiger partial charge in [-0.1, -0.05) is 0 Å². The molecule has 0 unspecified atom stereocenters. The Kier molecular flexibility index (Phi) is 2.83. The van der Waals surface area contributed by atoms with Gasteiger partial charge in [-0.3, -0.25) is 9.82 Å². The molecule has 2 heterocycles. The number of carboxylic acids is 1. The molecule has 3 N–H and O–H groups in total. The molecule has 8 nitrogen and oxygen atoms in total. The van der Waals surface area contributed by atoms with Crippen LogP contribution in [0.25, 0.3) is 0 Å². The Morgan fingerprint density at radius 3 is 2.72 bits per heavy atom. The van der Waals surface area contributed by atoms with E-state index >= 15 is 0 Å². The smallest absolute Gasteiger partial charge is 0.371 e. The fraction of sp³-hybridized carbons (Fsp3) is 0.111. The number of carbonyl (C=O) groups is 1. The van der Waals surface area contributed by atoms with Gasteiger partial charge in [-0.2, -0.15) is 13.5 Å². The third-order valence-corrected chi connectivity index (χ3v) is 3.34. The lowest BCUT2D eigenvalue weighted by molar-refractivity contribution is 0.0656. The van der Waals surface area contributed by atoms with Crippen molar-refractivity contribution in [1.29, 1.82) is 0 Å². The molecular formula is C9H9N3O5S. The van der Waals surface area contributed by atoms with Gasteiger partial charge in [0.05, 0.1) is 6.20 Å². The Hall–Kier alpha value is -2.29. The van der Waals surface area contributed by atoms with Crippen molar-refractivity contribution >= 4 is 21.8 Å². The fourth-order valence-corrected chi connectivity index (χ4v) is 2.24. The molecule has 0 fully saturated rings. The maximum absolute atomic E-state index is 11.8. The summed E-state index contributed by atoms with van der Waals surface area (Å²) in [6, 6.07) is 2.13. The summed E-state index contributed by atoms with van der Waals surface area (Å²) in [4.78, 5) is 10.6. The zero-order chi connectivity index (χ0) is 13.3. The molecule has 0 spiro atoms. The molecule has 0 radical (unpaired) electrons. The average Bonchev–Trinajstić information content (AvgIpc) is 2.88. The second-order valence-electron chi connectivity index (χ2n) is 3.46. The highest BCUT2D eigenvalue weighted by molar-refractivity contribution is 7.92. The number of carboxylic acid groups (broad SMARTS) is 1. The number of furan rings is 1. The zero-order valence-corrected chi connectivity index (χ0v) is 9.98. The standard InChI is InChI=1S/C9H9N3O5S/c1-5-4-10-11-8(5)12-18(15,16)7-3-2-6(17-7)9(13)14/h2-4H,1H3,(H,13,14)(H2,10,11,12). The number of aromatic nitrogens is 2. The number of H-pyrrole nitrogens is 1. The number of rotatable bonds is 4. The first-order chi connectivity index (χ1) is 8.40. The van der Waals surface area contributed by atoms with E-state index in [2.05, 4.69) is 14.9 Å². The predicted octanol–water partition coefficient (Wildman–Crippen LogP) is 0.810. The second-order valence-corrected chi connectivity index (χ2v) is 5.07. The highest BCUT2D eigenvalue weighted by Gasteiger charge is 2.22. The summed E-state index contributed by atoms with van der Waals surface area (Å²) in [5, 5.41) is 14.3. The van der Waals surface area contributed by atoms with Crippen molar-refractivity contribution in [3.8, 4) is 0 Å². The largest absolute Gasteiger partial charge is 0.475 e. The van der Waals surface area contributed by atoms with Gasteiger partial charge in [-0.05, 0) is 19.1 Å². The van der Waals surface area contributed by atoms with Crippen molar-refractivity contribution in [2.45, 2.75) is 12.0 Å². The molecule has 18 heavy (non-hydrogen) atoms. The van der Waals surface area contributed by atoms with E-state index in [1.165, 1.54) is 6.20 Å². The molecule has 9 heteroatoms. The molecule has 0 aliphatic heterocycles. The number of aromatic carboxylic acids is 1. The number of sulfonamides is 1. The van der Waals surface area contributed by atoms with Crippen LogP contribution >= 0.6 is 0 Å². The topological polar surface area (TPSA) is 125 Å². The number of aromatic amines is 1. The number of nitrogens with one attached hydrogen (secondary N) is 2. The molecule has 0 aliphatic rings. The molecule has 96 valence electrons. The van der Waals surface area contributed by atoms with Crippen LogP contribution in [0.1, 0.15) is 16.1 Å². The van der Waals surface area contributed by atoms with Crippen molar-refractivity contribution in [3.63, 3.8) is 0 Å². The Balaban J connectivity index is 2.31. The van der Waals surface area contributed by atoms with Crippen LogP contribution in [-0.2, 0) is 10.0 Å². The molecule has 0 saturated carbocycles.